The molecule has 1 fully saturated rings. The summed E-state index contributed by atoms with van der Waals surface area (Å²) in [5, 5.41) is 21.8. The Morgan fingerprint density at radius 2 is 2.05 bits per heavy atom. The van der Waals surface area contributed by atoms with E-state index in [9.17, 15) is 5.11 Å². The highest BCUT2D eigenvalue weighted by atomic mass is 16.5. The standard InChI is InChI=1S/C15H23NO3/c1-16-15(11-18)8-2-3-14(9-15)19-13-6-4-12(10-17)5-7-13/h4-7,14,16-18H,2-3,8-11H2,1H3. The van der Waals surface area contributed by atoms with E-state index in [1.807, 2.05) is 31.3 Å². The van der Waals surface area contributed by atoms with Gasteiger partial charge in [-0.05, 0) is 44.0 Å². The molecule has 2 unspecified atom stereocenters. The van der Waals surface area contributed by atoms with Gasteiger partial charge in [0.15, 0.2) is 0 Å². The molecule has 0 aromatic heterocycles. The van der Waals surface area contributed by atoms with Crippen LogP contribution in [-0.4, -0.2) is 35.5 Å². The highest BCUT2D eigenvalue weighted by Crippen LogP contribution is 2.30. The highest BCUT2D eigenvalue weighted by Gasteiger charge is 2.35. The fourth-order valence-electron chi connectivity index (χ4n) is 2.72. The maximum Gasteiger partial charge on any atom is 0.119 e. The normalized spacial score (nSPS) is 27.2. The van der Waals surface area contributed by atoms with E-state index in [1.54, 1.807) is 0 Å². The smallest absolute Gasteiger partial charge is 0.119 e. The lowest BCUT2D eigenvalue weighted by Gasteiger charge is -2.39. The molecule has 0 bridgehead atoms. The zero-order valence-electron chi connectivity index (χ0n) is 11.4. The summed E-state index contributed by atoms with van der Waals surface area (Å²) in [7, 11) is 1.90. The molecule has 19 heavy (non-hydrogen) atoms. The number of nitrogens with one attached hydrogen (secondary N) is 1. The molecule has 0 spiro atoms. The van der Waals surface area contributed by atoms with Gasteiger partial charge in [0.25, 0.3) is 0 Å². The van der Waals surface area contributed by atoms with E-state index in [2.05, 4.69) is 5.32 Å². The van der Waals surface area contributed by atoms with Crippen LogP contribution in [0.5, 0.6) is 5.75 Å². The van der Waals surface area contributed by atoms with Crippen LogP contribution in [0.4, 0.5) is 0 Å². The fraction of sp³-hybridized carbons (Fsp3) is 0.600. The Kier molecular flexibility index (Phi) is 4.80. The van der Waals surface area contributed by atoms with E-state index in [-0.39, 0.29) is 24.9 Å². The van der Waals surface area contributed by atoms with Gasteiger partial charge in [0.1, 0.15) is 11.9 Å². The molecule has 4 heteroatoms. The summed E-state index contributed by atoms with van der Waals surface area (Å²) in [4.78, 5) is 0. The van der Waals surface area contributed by atoms with Crippen molar-refractivity contribution in [2.24, 2.45) is 0 Å². The number of likely N-dealkylation sites (N-methyl/N-ethyl adjacent to an activating group) is 1. The van der Waals surface area contributed by atoms with E-state index >= 15 is 0 Å². The van der Waals surface area contributed by atoms with Crippen LogP contribution < -0.4 is 10.1 Å². The molecule has 2 rings (SSSR count). The van der Waals surface area contributed by atoms with Crippen LogP contribution in [-0.2, 0) is 6.61 Å². The largest absolute Gasteiger partial charge is 0.490 e. The zero-order valence-corrected chi connectivity index (χ0v) is 11.4. The van der Waals surface area contributed by atoms with Crippen LogP contribution in [0.1, 0.15) is 31.2 Å². The second-order valence-corrected chi connectivity index (χ2v) is 5.33. The first-order chi connectivity index (χ1) is 9.21. The number of aliphatic hydroxyl groups excluding tert-OH is 2. The van der Waals surface area contributed by atoms with Gasteiger partial charge in [-0.25, -0.2) is 0 Å². The van der Waals surface area contributed by atoms with Gasteiger partial charge in [-0.3, -0.25) is 0 Å². The average Bonchev–Trinajstić information content (AvgIpc) is 2.48. The molecule has 2 atom stereocenters. The van der Waals surface area contributed by atoms with Crippen LogP contribution in [0.2, 0.25) is 0 Å². The minimum atomic E-state index is -0.200. The predicted molar refractivity (Wildman–Crippen MR) is 74.1 cm³/mol. The van der Waals surface area contributed by atoms with Crippen molar-refractivity contribution in [3.8, 4) is 5.75 Å². The summed E-state index contributed by atoms with van der Waals surface area (Å²) in [6.07, 6.45) is 4.02. The zero-order chi connectivity index (χ0) is 13.7. The van der Waals surface area contributed by atoms with Gasteiger partial charge in [-0.1, -0.05) is 12.1 Å². The third kappa shape index (κ3) is 3.47. The van der Waals surface area contributed by atoms with E-state index in [4.69, 9.17) is 9.84 Å². The van der Waals surface area contributed by atoms with Crippen molar-refractivity contribution in [3.05, 3.63) is 29.8 Å². The number of ether oxygens (including phenoxy) is 1. The molecule has 0 aliphatic heterocycles. The SMILES string of the molecule is CNC1(CO)CCCC(Oc2ccc(CO)cc2)C1. The van der Waals surface area contributed by atoms with Crippen molar-refractivity contribution in [2.75, 3.05) is 13.7 Å². The molecule has 1 aliphatic rings. The third-order valence-electron chi connectivity index (χ3n) is 4.04. The second kappa shape index (κ2) is 6.37. The lowest BCUT2D eigenvalue weighted by atomic mass is 9.81. The Balaban J connectivity index is 1.98. The summed E-state index contributed by atoms with van der Waals surface area (Å²) < 4.78 is 5.98. The van der Waals surface area contributed by atoms with Gasteiger partial charge in [-0.2, -0.15) is 0 Å². The van der Waals surface area contributed by atoms with Crippen molar-refractivity contribution in [1.82, 2.24) is 5.32 Å². The van der Waals surface area contributed by atoms with Crippen LogP contribution in [0.3, 0.4) is 0 Å². The maximum atomic E-state index is 9.55. The van der Waals surface area contributed by atoms with Gasteiger partial charge in [0.05, 0.1) is 13.2 Å². The molecule has 0 heterocycles. The fourth-order valence-corrected chi connectivity index (χ4v) is 2.72. The lowest BCUT2D eigenvalue weighted by Crippen LogP contribution is -2.52. The molecule has 4 nitrogen and oxygen atoms in total. The minimum Gasteiger partial charge on any atom is -0.490 e. The van der Waals surface area contributed by atoms with Gasteiger partial charge in [-0.15, -0.1) is 0 Å². The summed E-state index contributed by atoms with van der Waals surface area (Å²) in [5.41, 5.74) is 0.685. The Morgan fingerprint density at radius 3 is 2.63 bits per heavy atom. The Labute approximate surface area is 114 Å². The Bertz CT molecular complexity index is 387. The molecule has 106 valence electrons. The molecule has 1 aromatic carbocycles. The Morgan fingerprint density at radius 1 is 1.32 bits per heavy atom. The second-order valence-electron chi connectivity index (χ2n) is 5.33. The van der Waals surface area contributed by atoms with Crippen molar-refractivity contribution in [2.45, 2.75) is 43.9 Å². The summed E-state index contributed by atoms with van der Waals surface area (Å²) in [6, 6.07) is 7.52. The first kappa shape index (κ1) is 14.3. The van der Waals surface area contributed by atoms with Crippen molar-refractivity contribution < 1.29 is 14.9 Å². The third-order valence-corrected chi connectivity index (χ3v) is 4.04. The van der Waals surface area contributed by atoms with E-state index in [1.165, 1.54) is 0 Å². The monoisotopic (exact) mass is 265 g/mol. The average molecular weight is 265 g/mol. The lowest BCUT2D eigenvalue weighted by molar-refractivity contribution is 0.0554. The van der Waals surface area contributed by atoms with E-state index in [0.29, 0.717) is 0 Å². The molecule has 1 aliphatic carbocycles. The number of aliphatic hydroxyl groups is 2. The van der Waals surface area contributed by atoms with E-state index < -0.39 is 0 Å². The highest BCUT2D eigenvalue weighted by molar-refractivity contribution is 5.27. The number of hydrogen-bond donors (Lipinski definition) is 3. The molecule has 3 N–H and O–H groups in total. The number of rotatable bonds is 5. The molecular weight excluding hydrogens is 242 g/mol. The molecular formula is C15H23NO3. The van der Waals surface area contributed by atoms with Crippen molar-refractivity contribution in [1.29, 1.82) is 0 Å². The maximum absolute atomic E-state index is 9.55. The van der Waals surface area contributed by atoms with Crippen LogP contribution >= 0.6 is 0 Å². The first-order valence-corrected chi connectivity index (χ1v) is 6.87. The number of benzene rings is 1. The van der Waals surface area contributed by atoms with Gasteiger partial charge >= 0.3 is 0 Å². The van der Waals surface area contributed by atoms with E-state index in [0.717, 1.165) is 37.0 Å². The number of hydrogen-bond acceptors (Lipinski definition) is 4. The van der Waals surface area contributed by atoms with Crippen LogP contribution in [0.25, 0.3) is 0 Å². The predicted octanol–water partition coefficient (Wildman–Crippen LogP) is 1.45. The Hall–Kier alpha value is -1.10. The quantitative estimate of drug-likeness (QED) is 0.754. The molecule has 0 saturated heterocycles. The summed E-state index contributed by atoms with van der Waals surface area (Å²) >= 11 is 0. The first-order valence-electron chi connectivity index (χ1n) is 6.87. The molecule has 0 amide bonds. The van der Waals surface area contributed by atoms with Gasteiger partial charge in [0.2, 0.25) is 0 Å². The van der Waals surface area contributed by atoms with Gasteiger partial charge in [0, 0.05) is 12.0 Å². The van der Waals surface area contributed by atoms with Crippen molar-refractivity contribution in [3.63, 3.8) is 0 Å². The topological polar surface area (TPSA) is 61.7 Å². The van der Waals surface area contributed by atoms with Crippen LogP contribution in [0.15, 0.2) is 24.3 Å². The van der Waals surface area contributed by atoms with Crippen molar-refractivity contribution >= 4 is 0 Å². The summed E-state index contributed by atoms with van der Waals surface area (Å²) in [5.74, 6) is 0.826. The minimum absolute atomic E-state index is 0.0527. The molecule has 1 saturated carbocycles. The molecule has 1 aromatic rings. The summed E-state index contributed by atoms with van der Waals surface area (Å²) in [6.45, 7) is 0.198. The van der Waals surface area contributed by atoms with Gasteiger partial charge < -0.3 is 20.3 Å². The van der Waals surface area contributed by atoms with Crippen LogP contribution in [0, 0.1) is 0 Å². The molecule has 0 radical (unpaired) electrons.